The van der Waals surface area contributed by atoms with E-state index in [1.807, 2.05) is 0 Å². The van der Waals surface area contributed by atoms with Gasteiger partial charge in [0, 0.05) is 11.0 Å². The van der Waals surface area contributed by atoms with Gasteiger partial charge in [0.2, 0.25) is 0 Å². The highest BCUT2D eigenvalue weighted by Gasteiger charge is 2.26. The summed E-state index contributed by atoms with van der Waals surface area (Å²) in [7, 11) is 1.38. The Morgan fingerprint density at radius 2 is 2.11 bits per heavy atom. The van der Waals surface area contributed by atoms with Crippen LogP contribution >= 0.6 is 15.9 Å². The molecule has 0 bridgehead atoms. The Kier molecular flexibility index (Phi) is 5.01. The summed E-state index contributed by atoms with van der Waals surface area (Å²) in [4.78, 5) is 11.6. The van der Waals surface area contributed by atoms with Crippen molar-refractivity contribution in [2.45, 2.75) is 12.6 Å². The summed E-state index contributed by atoms with van der Waals surface area (Å²) in [6.07, 6.45) is -5.34. The third-order valence-corrected chi connectivity index (χ3v) is 2.60. The van der Waals surface area contributed by atoms with E-state index < -0.39 is 25.0 Å². The van der Waals surface area contributed by atoms with E-state index in [-0.39, 0.29) is 5.56 Å². The smallest absolute Gasteiger partial charge is 0.390 e. The van der Waals surface area contributed by atoms with Crippen LogP contribution in [0, 0.1) is 0 Å². The number of hydrogen-bond acceptors (Lipinski definition) is 2. The largest absolute Gasteiger partial charge is 0.496 e. The molecular formula is C11H11BrF3NO2. The van der Waals surface area contributed by atoms with E-state index >= 15 is 0 Å². The monoisotopic (exact) mass is 325 g/mol. The lowest BCUT2D eigenvalue weighted by Crippen LogP contribution is -2.28. The van der Waals surface area contributed by atoms with Crippen LogP contribution < -0.4 is 10.1 Å². The number of methoxy groups -OCH3 is 1. The zero-order valence-corrected chi connectivity index (χ0v) is 11.1. The lowest BCUT2D eigenvalue weighted by atomic mass is 10.2. The van der Waals surface area contributed by atoms with Crippen LogP contribution in [0.1, 0.15) is 16.8 Å². The molecule has 0 fully saturated rings. The molecule has 0 aliphatic rings. The molecule has 1 aromatic rings. The molecule has 0 saturated carbocycles. The highest BCUT2D eigenvalue weighted by molar-refractivity contribution is 9.10. The predicted octanol–water partition coefficient (Wildman–Crippen LogP) is 3.14. The van der Waals surface area contributed by atoms with E-state index in [1.54, 1.807) is 12.1 Å². The van der Waals surface area contributed by atoms with Gasteiger partial charge in [-0.15, -0.1) is 0 Å². The quantitative estimate of drug-likeness (QED) is 0.923. The lowest BCUT2D eigenvalue weighted by Gasteiger charge is -2.10. The molecule has 1 amide bonds. The Balaban J connectivity index is 2.67. The second kappa shape index (κ2) is 6.08. The van der Waals surface area contributed by atoms with Crippen LogP contribution in [0.4, 0.5) is 13.2 Å². The van der Waals surface area contributed by atoms with Gasteiger partial charge in [-0.1, -0.05) is 15.9 Å². The van der Waals surface area contributed by atoms with Gasteiger partial charge in [0.15, 0.2) is 0 Å². The molecule has 0 heterocycles. The first-order valence-corrected chi connectivity index (χ1v) is 5.81. The highest BCUT2D eigenvalue weighted by Crippen LogP contribution is 2.23. The highest BCUT2D eigenvalue weighted by atomic mass is 79.9. The number of halogens is 4. The van der Waals surface area contributed by atoms with E-state index in [1.165, 1.54) is 13.2 Å². The molecule has 0 aromatic heterocycles. The second-order valence-corrected chi connectivity index (χ2v) is 4.38. The summed E-state index contributed by atoms with van der Waals surface area (Å²) in [5.41, 5.74) is 0.197. The molecule has 0 atom stereocenters. The average Bonchev–Trinajstić information content (AvgIpc) is 2.26. The first-order valence-electron chi connectivity index (χ1n) is 5.02. The fourth-order valence-corrected chi connectivity index (χ4v) is 1.61. The molecule has 7 heteroatoms. The van der Waals surface area contributed by atoms with E-state index in [9.17, 15) is 18.0 Å². The summed E-state index contributed by atoms with van der Waals surface area (Å²) in [5.74, 6) is -0.294. The van der Waals surface area contributed by atoms with E-state index in [0.717, 1.165) is 0 Å². The van der Waals surface area contributed by atoms with Crippen molar-refractivity contribution < 1.29 is 22.7 Å². The molecule has 100 valence electrons. The van der Waals surface area contributed by atoms with Crippen molar-refractivity contribution >= 4 is 21.8 Å². The van der Waals surface area contributed by atoms with E-state index in [4.69, 9.17) is 4.74 Å². The molecule has 0 spiro atoms. The number of ether oxygens (including phenoxy) is 1. The third-order valence-electron chi connectivity index (χ3n) is 2.10. The van der Waals surface area contributed by atoms with Gasteiger partial charge in [-0.25, -0.2) is 0 Å². The summed E-state index contributed by atoms with van der Waals surface area (Å²) < 4.78 is 41.5. The summed E-state index contributed by atoms with van der Waals surface area (Å²) in [5, 5.41) is 2.20. The van der Waals surface area contributed by atoms with Crippen LogP contribution in [0.2, 0.25) is 0 Å². The molecular weight excluding hydrogens is 315 g/mol. The van der Waals surface area contributed by atoms with Crippen molar-refractivity contribution in [2.75, 3.05) is 13.7 Å². The third kappa shape index (κ3) is 4.56. The molecule has 18 heavy (non-hydrogen) atoms. The van der Waals surface area contributed by atoms with E-state index in [2.05, 4.69) is 21.2 Å². The van der Waals surface area contributed by atoms with Gasteiger partial charge in [0.1, 0.15) is 5.75 Å². The summed E-state index contributed by atoms with van der Waals surface area (Å²) in [6, 6.07) is 4.66. The fraction of sp³-hybridized carbons (Fsp3) is 0.364. The van der Waals surface area contributed by atoms with Gasteiger partial charge in [-0.3, -0.25) is 4.79 Å². The Morgan fingerprint density at radius 1 is 1.44 bits per heavy atom. The standard InChI is InChI=1S/C11H11BrF3NO2/c1-18-9-6-7(12)2-3-8(9)10(17)16-5-4-11(13,14)15/h2-3,6H,4-5H2,1H3,(H,16,17). The molecule has 1 rings (SSSR count). The average molecular weight is 326 g/mol. The van der Waals surface area contributed by atoms with Crippen LogP contribution in [0.25, 0.3) is 0 Å². The van der Waals surface area contributed by atoms with Gasteiger partial charge in [0.25, 0.3) is 5.91 Å². The maximum atomic E-state index is 11.9. The van der Waals surface area contributed by atoms with Gasteiger partial charge >= 0.3 is 6.18 Å². The van der Waals surface area contributed by atoms with Crippen molar-refractivity contribution in [1.29, 1.82) is 0 Å². The second-order valence-electron chi connectivity index (χ2n) is 3.47. The Morgan fingerprint density at radius 3 is 2.67 bits per heavy atom. The molecule has 0 aliphatic carbocycles. The molecule has 3 nitrogen and oxygen atoms in total. The van der Waals surface area contributed by atoms with Gasteiger partial charge in [-0.05, 0) is 18.2 Å². The van der Waals surface area contributed by atoms with Crippen molar-refractivity contribution in [3.63, 3.8) is 0 Å². The molecule has 0 saturated heterocycles. The van der Waals surface area contributed by atoms with Gasteiger partial charge in [0.05, 0.1) is 19.1 Å². The first kappa shape index (κ1) is 14.8. The zero-order chi connectivity index (χ0) is 13.8. The predicted molar refractivity (Wildman–Crippen MR) is 63.7 cm³/mol. The Bertz CT molecular complexity index is 435. The molecule has 0 unspecified atom stereocenters. The molecule has 0 aliphatic heterocycles. The maximum absolute atomic E-state index is 11.9. The zero-order valence-electron chi connectivity index (χ0n) is 9.47. The summed E-state index contributed by atoms with van der Waals surface area (Å²) >= 11 is 3.20. The van der Waals surface area contributed by atoms with Crippen LogP contribution in [0.3, 0.4) is 0 Å². The molecule has 1 aromatic carbocycles. The van der Waals surface area contributed by atoms with E-state index in [0.29, 0.717) is 10.2 Å². The van der Waals surface area contributed by atoms with Crippen LogP contribution in [0.15, 0.2) is 22.7 Å². The number of benzene rings is 1. The van der Waals surface area contributed by atoms with Crippen LogP contribution in [-0.4, -0.2) is 25.7 Å². The number of carbonyl (C=O) groups is 1. The van der Waals surface area contributed by atoms with Crippen molar-refractivity contribution in [3.05, 3.63) is 28.2 Å². The Hall–Kier alpha value is -1.24. The lowest BCUT2D eigenvalue weighted by molar-refractivity contribution is -0.132. The topological polar surface area (TPSA) is 38.3 Å². The number of hydrogen-bond donors (Lipinski definition) is 1. The number of alkyl halides is 3. The Labute approximate surface area is 110 Å². The van der Waals surface area contributed by atoms with Crippen molar-refractivity contribution in [2.24, 2.45) is 0 Å². The van der Waals surface area contributed by atoms with Crippen molar-refractivity contribution in [3.8, 4) is 5.75 Å². The first-order chi connectivity index (χ1) is 8.33. The number of amides is 1. The SMILES string of the molecule is COc1cc(Br)ccc1C(=O)NCCC(F)(F)F. The minimum absolute atomic E-state index is 0.197. The fourth-order valence-electron chi connectivity index (χ4n) is 1.27. The molecule has 0 radical (unpaired) electrons. The summed E-state index contributed by atoms with van der Waals surface area (Å²) in [6.45, 7) is -0.457. The van der Waals surface area contributed by atoms with Crippen molar-refractivity contribution in [1.82, 2.24) is 5.32 Å². The number of nitrogens with one attached hydrogen (secondary N) is 1. The number of carbonyl (C=O) groups excluding carboxylic acids is 1. The van der Waals surface area contributed by atoms with Gasteiger partial charge < -0.3 is 10.1 Å². The number of rotatable bonds is 4. The van der Waals surface area contributed by atoms with Crippen LogP contribution in [0.5, 0.6) is 5.75 Å². The molecule has 1 N–H and O–H groups in total. The maximum Gasteiger partial charge on any atom is 0.390 e. The minimum atomic E-state index is -4.28. The normalized spacial score (nSPS) is 11.2. The van der Waals surface area contributed by atoms with Crippen LogP contribution in [-0.2, 0) is 0 Å². The van der Waals surface area contributed by atoms with Gasteiger partial charge in [-0.2, -0.15) is 13.2 Å². The minimum Gasteiger partial charge on any atom is -0.496 e.